The molecule has 1 amide bonds. The van der Waals surface area contributed by atoms with Gasteiger partial charge in [0.25, 0.3) is 0 Å². The van der Waals surface area contributed by atoms with Gasteiger partial charge in [-0.25, -0.2) is 4.79 Å². The van der Waals surface area contributed by atoms with Gasteiger partial charge in [0.2, 0.25) is 5.91 Å². The maximum atomic E-state index is 13.4. The van der Waals surface area contributed by atoms with E-state index < -0.39 is 12.0 Å². The summed E-state index contributed by atoms with van der Waals surface area (Å²) in [5, 5.41) is 5.01. The Morgan fingerprint density at radius 3 is 2.12 bits per heavy atom. The molecule has 0 aliphatic carbocycles. The standard InChI is InChI=1S/C34H29NO5/c1-38-27-19-16-26(17-20-27)34(35-31(36)22-24-10-4-2-5-11-24)33-29-15-9-8-12-25(29)18-21-30(33)40-32(37)23-39-28-13-6-3-7-14-28/h2-21,34H,22-23H2,1H3,(H,35,36). The fourth-order valence-electron chi connectivity index (χ4n) is 4.59. The molecule has 40 heavy (non-hydrogen) atoms. The molecule has 6 heteroatoms. The van der Waals surface area contributed by atoms with Crippen LogP contribution < -0.4 is 19.5 Å². The molecule has 0 aromatic heterocycles. The third-order valence-electron chi connectivity index (χ3n) is 6.51. The highest BCUT2D eigenvalue weighted by atomic mass is 16.6. The first-order valence-corrected chi connectivity index (χ1v) is 13.0. The van der Waals surface area contributed by atoms with Crippen molar-refractivity contribution in [3.8, 4) is 17.2 Å². The van der Waals surface area contributed by atoms with Crippen LogP contribution in [-0.2, 0) is 16.0 Å². The van der Waals surface area contributed by atoms with Crippen LogP contribution >= 0.6 is 0 Å². The minimum absolute atomic E-state index is 0.162. The first-order chi connectivity index (χ1) is 19.6. The molecular weight excluding hydrogens is 502 g/mol. The molecule has 6 nitrogen and oxygen atoms in total. The van der Waals surface area contributed by atoms with Crippen molar-refractivity contribution in [1.29, 1.82) is 0 Å². The van der Waals surface area contributed by atoms with E-state index in [1.54, 1.807) is 25.3 Å². The van der Waals surface area contributed by atoms with Crippen LogP contribution in [-0.4, -0.2) is 25.6 Å². The summed E-state index contributed by atoms with van der Waals surface area (Å²) in [7, 11) is 1.61. The Morgan fingerprint density at radius 1 is 0.725 bits per heavy atom. The van der Waals surface area contributed by atoms with Gasteiger partial charge < -0.3 is 19.5 Å². The lowest BCUT2D eigenvalue weighted by molar-refractivity contribution is -0.136. The number of amides is 1. The maximum absolute atomic E-state index is 13.4. The Morgan fingerprint density at radius 2 is 1.40 bits per heavy atom. The molecule has 0 spiro atoms. The third-order valence-corrected chi connectivity index (χ3v) is 6.51. The highest BCUT2D eigenvalue weighted by molar-refractivity contribution is 5.91. The Bertz CT molecular complexity index is 1580. The molecule has 0 radical (unpaired) electrons. The van der Waals surface area contributed by atoms with Crippen LogP contribution in [0.15, 0.2) is 121 Å². The molecule has 5 rings (SSSR count). The number of esters is 1. The van der Waals surface area contributed by atoms with Crippen LogP contribution in [0.1, 0.15) is 22.7 Å². The fourth-order valence-corrected chi connectivity index (χ4v) is 4.59. The Kier molecular flexibility index (Phi) is 8.37. The molecule has 0 aliphatic rings. The van der Waals surface area contributed by atoms with Crippen LogP contribution in [0.2, 0.25) is 0 Å². The molecule has 1 atom stereocenters. The van der Waals surface area contributed by atoms with Gasteiger partial charge in [-0.1, -0.05) is 91.0 Å². The molecule has 200 valence electrons. The van der Waals surface area contributed by atoms with Crippen molar-refractivity contribution >= 4 is 22.6 Å². The van der Waals surface area contributed by atoms with Crippen molar-refractivity contribution in [1.82, 2.24) is 5.32 Å². The maximum Gasteiger partial charge on any atom is 0.349 e. The smallest absolute Gasteiger partial charge is 0.349 e. The summed E-state index contributed by atoms with van der Waals surface area (Å²) >= 11 is 0. The number of carbonyl (C=O) groups is 2. The number of hydrogen-bond donors (Lipinski definition) is 1. The predicted molar refractivity (Wildman–Crippen MR) is 155 cm³/mol. The van der Waals surface area contributed by atoms with Crippen molar-refractivity contribution in [3.63, 3.8) is 0 Å². The molecule has 1 unspecified atom stereocenters. The molecular formula is C34H29NO5. The average molecular weight is 532 g/mol. The van der Waals surface area contributed by atoms with Gasteiger partial charge in [0, 0.05) is 5.56 Å². The van der Waals surface area contributed by atoms with E-state index in [2.05, 4.69) is 5.32 Å². The number of carbonyl (C=O) groups excluding carboxylic acids is 2. The highest BCUT2D eigenvalue weighted by Crippen LogP contribution is 2.37. The van der Waals surface area contributed by atoms with Crippen molar-refractivity contribution in [3.05, 3.63) is 138 Å². The zero-order chi connectivity index (χ0) is 27.7. The number of benzene rings is 5. The Balaban J connectivity index is 1.52. The molecule has 0 bridgehead atoms. The van der Waals surface area contributed by atoms with E-state index >= 15 is 0 Å². The largest absolute Gasteiger partial charge is 0.497 e. The van der Waals surface area contributed by atoms with E-state index in [9.17, 15) is 9.59 Å². The second kappa shape index (κ2) is 12.6. The summed E-state index contributed by atoms with van der Waals surface area (Å²) in [4.78, 5) is 26.3. The Hall–Kier alpha value is -5.10. The van der Waals surface area contributed by atoms with E-state index in [1.165, 1.54) is 0 Å². The minimum Gasteiger partial charge on any atom is -0.497 e. The van der Waals surface area contributed by atoms with E-state index in [0.717, 1.165) is 21.9 Å². The monoisotopic (exact) mass is 531 g/mol. The molecule has 1 N–H and O–H groups in total. The first-order valence-electron chi connectivity index (χ1n) is 13.0. The van der Waals surface area contributed by atoms with Gasteiger partial charge in [-0.3, -0.25) is 4.79 Å². The number of nitrogens with one attached hydrogen (secondary N) is 1. The topological polar surface area (TPSA) is 73.9 Å². The fraction of sp³-hybridized carbons (Fsp3) is 0.118. The number of rotatable bonds is 10. The second-order valence-electron chi connectivity index (χ2n) is 9.21. The molecule has 0 aliphatic heterocycles. The van der Waals surface area contributed by atoms with Gasteiger partial charge >= 0.3 is 5.97 Å². The predicted octanol–water partition coefficient (Wildman–Crippen LogP) is 6.28. The number of hydrogen-bond acceptors (Lipinski definition) is 5. The van der Waals surface area contributed by atoms with Crippen molar-refractivity contribution in [2.75, 3.05) is 13.7 Å². The van der Waals surface area contributed by atoms with E-state index in [-0.39, 0.29) is 18.9 Å². The number of fused-ring (bicyclic) bond motifs is 1. The van der Waals surface area contributed by atoms with Crippen LogP contribution in [0.4, 0.5) is 0 Å². The summed E-state index contributed by atoms with van der Waals surface area (Å²) < 4.78 is 16.8. The number of para-hydroxylation sites is 1. The normalized spacial score (nSPS) is 11.4. The second-order valence-corrected chi connectivity index (χ2v) is 9.21. The van der Waals surface area contributed by atoms with Crippen LogP contribution in [0.5, 0.6) is 17.2 Å². The molecule has 0 saturated heterocycles. The van der Waals surface area contributed by atoms with Gasteiger partial charge in [0.15, 0.2) is 6.61 Å². The molecule has 5 aromatic rings. The van der Waals surface area contributed by atoms with Gasteiger partial charge in [-0.15, -0.1) is 0 Å². The van der Waals surface area contributed by atoms with E-state index in [4.69, 9.17) is 14.2 Å². The van der Waals surface area contributed by atoms with Crippen LogP contribution in [0.25, 0.3) is 10.8 Å². The summed E-state index contributed by atoms with van der Waals surface area (Å²) in [5.74, 6) is 0.901. The van der Waals surface area contributed by atoms with Gasteiger partial charge in [0.1, 0.15) is 17.2 Å². The van der Waals surface area contributed by atoms with Crippen molar-refractivity contribution in [2.45, 2.75) is 12.5 Å². The Labute approximate surface area is 233 Å². The number of ether oxygens (including phenoxy) is 3. The minimum atomic E-state index is -0.605. The summed E-state index contributed by atoms with van der Waals surface area (Å²) in [6.07, 6.45) is 0.207. The lowest BCUT2D eigenvalue weighted by Crippen LogP contribution is -2.31. The molecule has 5 aromatic carbocycles. The zero-order valence-electron chi connectivity index (χ0n) is 22.1. The van der Waals surface area contributed by atoms with E-state index in [1.807, 2.05) is 103 Å². The quantitative estimate of drug-likeness (QED) is 0.170. The molecule has 0 heterocycles. The first kappa shape index (κ1) is 26.5. The van der Waals surface area contributed by atoms with Crippen LogP contribution in [0, 0.1) is 0 Å². The third kappa shape index (κ3) is 6.48. The zero-order valence-corrected chi connectivity index (χ0v) is 22.1. The van der Waals surface area contributed by atoms with Gasteiger partial charge in [0.05, 0.1) is 19.6 Å². The lowest BCUT2D eigenvalue weighted by Gasteiger charge is -2.24. The highest BCUT2D eigenvalue weighted by Gasteiger charge is 2.25. The molecule has 0 fully saturated rings. The number of methoxy groups -OCH3 is 1. The average Bonchev–Trinajstić information content (AvgIpc) is 3.00. The van der Waals surface area contributed by atoms with Crippen LogP contribution in [0.3, 0.4) is 0 Å². The SMILES string of the molecule is COc1ccc(C(NC(=O)Cc2ccccc2)c2c(OC(=O)COc3ccccc3)ccc3ccccc23)cc1. The summed E-state index contributed by atoms with van der Waals surface area (Å²) in [6, 6.07) is 37.0. The van der Waals surface area contributed by atoms with Gasteiger partial charge in [-0.2, -0.15) is 0 Å². The van der Waals surface area contributed by atoms with Crippen molar-refractivity contribution < 1.29 is 23.8 Å². The van der Waals surface area contributed by atoms with Gasteiger partial charge in [-0.05, 0) is 52.2 Å². The lowest BCUT2D eigenvalue weighted by atomic mass is 9.92. The van der Waals surface area contributed by atoms with E-state index in [0.29, 0.717) is 22.8 Å². The summed E-state index contributed by atoms with van der Waals surface area (Å²) in [6.45, 7) is -0.260. The van der Waals surface area contributed by atoms with Crippen molar-refractivity contribution in [2.24, 2.45) is 0 Å². The summed E-state index contributed by atoms with van der Waals surface area (Å²) in [5.41, 5.74) is 2.39. The molecule has 0 saturated carbocycles.